The van der Waals surface area contributed by atoms with Gasteiger partial charge in [-0.1, -0.05) is 70.5 Å². The number of ketones is 2. The number of aromatic nitrogens is 1. The highest BCUT2D eigenvalue weighted by molar-refractivity contribution is 9.10. The first-order chi connectivity index (χ1) is 13.6. The van der Waals surface area contributed by atoms with Gasteiger partial charge in [-0.05, 0) is 23.1 Å². The molecule has 3 N–H and O–H groups in total. The second kappa shape index (κ2) is 7.58. The van der Waals surface area contributed by atoms with Gasteiger partial charge in [0.05, 0.1) is 16.1 Å². The van der Waals surface area contributed by atoms with E-state index in [4.69, 9.17) is 5.73 Å². The van der Waals surface area contributed by atoms with Crippen LogP contribution in [0.2, 0.25) is 0 Å². The van der Waals surface area contributed by atoms with Gasteiger partial charge in [-0.2, -0.15) is 0 Å². The maximum absolute atomic E-state index is 13.2. The second-order valence-corrected chi connectivity index (χ2v) is 7.95. The van der Waals surface area contributed by atoms with Gasteiger partial charge in [-0.3, -0.25) is 9.59 Å². The van der Waals surface area contributed by atoms with Crippen LogP contribution in [0.1, 0.15) is 31.3 Å². The van der Waals surface area contributed by atoms with Gasteiger partial charge in [-0.15, -0.1) is 11.3 Å². The molecule has 4 nitrogen and oxygen atoms in total. The molecule has 0 unspecified atom stereocenters. The van der Waals surface area contributed by atoms with Crippen LogP contribution in [0.15, 0.2) is 76.6 Å². The number of nitrogens with two attached hydrogens (primary N) is 1. The van der Waals surface area contributed by atoms with E-state index >= 15 is 0 Å². The van der Waals surface area contributed by atoms with Crippen molar-refractivity contribution in [2.45, 2.75) is 0 Å². The summed E-state index contributed by atoms with van der Waals surface area (Å²) in [5.74, 6) is -0.242. The summed E-state index contributed by atoms with van der Waals surface area (Å²) in [5.41, 5.74) is 8.59. The average molecular weight is 451 g/mol. The molecule has 0 saturated heterocycles. The summed E-state index contributed by atoms with van der Waals surface area (Å²) in [5, 5.41) is 1.84. The summed E-state index contributed by atoms with van der Waals surface area (Å²) in [6, 6.07) is 20.0. The Morgan fingerprint density at radius 3 is 2.29 bits per heavy atom. The lowest BCUT2D eigenvalue weighted by Gasteiger charge is -2.09. The van der Waals surface area contributed by atoms with E-state index in [0.717, 1.165) is 10.0 Å². The van der Waals surface area contributed by atoms with Crippen molar-refractivity contribution in [2.75, 3.05) is 5.73 Å². The molecule has 0 atom stereocenters. The smallest absolute Gasteiger partial charge is 0.209 e. The van der Waals surface area contributed by atoms with Gasteiger partial charge in [-0.25, -0.2) is 0 Å². The van der Waals surface area contributed by atoms with Crippen molar-refractivity contribution in [2.24, 2.45) is 0 Å². The molecule has 4 rings (SSSR count). The monoisotopic (exact) mass is 450 g/mol. The number of hydrogen-bond acceptors (Lipinski definition) is 4. The number of benzene rings is 2. The fourth-order valence-electron chi connectivity index (χ4n) is 3.12. The van der Waals surface area contributed by atoms with Crippen LogP contribution >= 0.6 is 27.3 Å². The van der Waals surface area contributed by atoms with Crippen LogP contribution in [-0.4, -0.2) is 16.6 Å². The van der Waals surface area contributed by atoms with Crippen LogP contribution < -0.4 is 5.73 Å². The van der Waals surface area contributed by atoms with Crippen molar-refractivity contribution in [3.05, 3.63) is 98.3 Å². The van der Waals surface area contributed by atoms with Crippen LogP contribution in [0.4, 0.5) is 5.82 Å². The quantitative estimate of drug-likeness (QED) is 0.391. The molecule has 0 saturated carbocycles. The van der Waals surface area contributed by atoms with E-state index in [1.807, 2.05) is 41.8 Å². The maximum atomic E-state index is 13.2. The molecule has 2 aromatic heterocycles. The third-order valence-electron chi connectivity index (χ3n) is 4.41. The Hall–Kier alpha value is -2.96. The highest BCUT2D eigenvalue weighted by atomic mass is 79.9. The minimum absolute atomic E-state index is 0.184. The molecule has 0 aliphatic carbocycles. The fourth-order valence-corrected chi connectivity index (χ4v) is 4.28. The van der Waals surface area contributed by atoms with E-state index in [2.05, 4.69) is 20.9 Å². The van der Waals surface area contributed by atoms with E-state index < -0.39 is 0 Å². The Morgan fingerprint density at radius 2 is 1.61 bits per heavy atom. The minimum Gasteiger partial charge on any atom is -0.385 e. The standard InChI is InChI=1S/C22H15BrN2O2S/c23-15-10-5-4-9-14(15)17-18(21(27)16-11-6-12-28-16)22(24)25-19(17)20(26)13-7-2-1-3-8-13/h1-12,25H,24H2. The van der Waals surface area contributed by atoms with Gasteiger partial charge in [0.25, 0.3) is 0 Å². The van der Waals surface area contributed by atoms with Crippen LogP contribution in [0.3, 0.4) is 0 Å². The van der Waals surface area contributed by atoms with Gasteiger partial charge in [0.1, 0.15) is 5.82 Å². The number of carbonyl (C=O) groups excluding carboxylic acids is 2. The molecule has 4 aromatic rings. The molecule has 0 spiro atoms. The number of nitrogen functional groups attached to an aromatic ring is 1. The normalized spacial score (nSPS) is 10.8. The van der Waals surface area contributed by atoms with Crippen molar-refractivity contribution in [3.63, 3.8) is 0 Å². The topological polar surface area (TPSA) is 76.0 Å². The van der Waals surface area contributed by atoms with Gasteiger partial charge < -0.3 is 10.7 Å². The summed E-state index contributed by atoms with van der Waals surface area (Å²) in [7, 11) is 0. The zero-order valence-electron chi connectivity index (χ0n) is 14.6. The van der Waals surface area contributed by atoms with Crippen molar-refractivity contribution >= 4 is 44.7 Å². The lowest BCUT2D eigenvalue weighted by molar-refractivity contribution is 0.103. The molecule has 0 amide bonds. The van der Waals surface area contributed by atoms with E-state index in [9.17, 15) is 9.59 Å². The molecule has 0 aliphatic rings. The number of carbonyl (C=O) groups is 2. The predicted octanol–water partition coefficient (Wildman–Crippen LogP) is 5.55. The second-order valence-electron chi connectivity index (χ2n) is 6.15. The summed E-state index contributed by atoms with van der Waals surface area (Å²) in [4.78, 5) is 29.9. The largest absolute Gasteiger partial charge is 0.385 e. The molecular formula is C22H15BrN2O2S. The van der Waals surface area contributed by atoms with Crippen molar-refractivity contribution in [1.29, 1.82) is 0 Å². The molecule has 28 heavy (non-hydrogen) atoms. The van der Waals surface area contributed by atoms with Crippen LogP contribution in [0.25, 0.3) is 11.1 Å². The number of aromatic amines is 1. The number of halogens is 1. The molecule has 0 radical (unpaired) electrons. The Kier molecular flexibility index (Phi) is 4.98. The summed E-state index contributed by atoms with van der Waals surface area (Å²) >= 11 is 4.88. The molecular weight excluding hydrogens is 436 g/mol. The summed E-state index contributed by atoms with van der Waals surface area (Å²) in [6.07, 6.45) is 0. The Labute approximate surface area is 174 Å². The molecule has 2 aromatic carbocycles. The molecule has 0 aliphatic heterocycles. The molecule has 0 bridgehead atoms. The Bertz CT molecular complexity index is 1160. The van der Waals surface area contributed by atoms with Crippen LogP contribution in [0.5, 0.6) is 0 Å². The van der Waals surface area contributed by atoms with Gasteiger partial charge in [0.15, 0.2) is 0 Å². The number of rotatable bonds is 5. The average Bonchev–Trinajstić information content (AvgIpc) is 3.36. The Morgan fingerprint density at radius 1 is 0.893 bits per heavy atom. The van der Waals surface area contributed by atoms with Gasteiger partial charge in [0.2, 0.25) is 11.6 Å². The summed E-state index contributed by atoms with van der Waals surface area (Å²) in [6.45, 7) is 0. The van der Waals surface area contributed by atoms with E-state index in [-0.39, 0.29) is 17.4 Å². The molecule has 138 valence electrons. The highest BCUT2D eigenvalue weighted by Crippen LogP contribution is 2.38. The number of H-pyrrole nitrogens is 1. The lowest BCUT2D eigenvalue weighted by atomic mass is 9.95. The number of hydrogen-bond donors (Lipinski definition) is 2. The first-order valence-electron chi connectivity index (χ1n) is 8.52. The van der Waals surface area contributed by atoms with E-state index in [1.54, 1.807) is 30.3 Å². The first kappa shape index (κ1) is 18.4. The lowest BCUT2D eigenvalue weighted by Crippen LogP contribution is -2.06. The number of anilines is 1. The zero-order valence-corrected chi connectivity index (χ0v) is 17.0. The zero-order chi connectivity index (χ0) is 19.7. The minimum atomic E-state index is -0.219. The number of nitrogens with one attached hydrogen (secondary N) is 1. The molecule has 2 heterocycles. The third-order valence-corrected chi connectivity index (χ3v) is 5.97. The SMILES string of the molecule is Nc1[nH]c(C(=O)c2ccccc2)c(-c2ccccc2Br)c1C(=O)c1cccs1. The van der Waals surface area contributed by atoms with Crippen molar-refractivity contribution < 1.29 is 9.59 Å². The Balaban J connectivity index is 1.98. The van der Waals surface area contributed by atoms with Crippen molar-refractivity contribution in [1.82, 2.24) is 4.98 Å². The first-order valence-corrected chi connectivity index (χ1v) is 10.2. The molecule has 6 heteroatoms. The van der Waals surface area contributed by atoms with E-state index in [1.165, 1.54) is 11.3 Å². The fraction of sp³-hybridized carbons (Fsp3) is 0. The molecule has 0 fully saturated rings. The van der Waals surface area contributed by atoms with Gasteiger partial charge in [0, 0.05) is 15.6 Å². The number of thiophene rings is 1. The maximum Gasteiger partial charge on any atom is 0.209 e. The van der Waals surface area contributed by atoms with Crippen LogP contribution in [0, 0.1) is 0 Å². The van der Waals surface area contributed by atoms with Crippen molar-refractivity contribution in [3.8, 4) is 11.1 Å². The summed E-state index contributed by atoms with van der Waals surface area (Å²) < 4.78 is 0.774. The third kappa shape index (κ3) is 3.21. The predicted molar refractivity (Wildman–Crippen MR) is 116 cm³/mol. The van der Waals surface area contributed by atoms with Gasteiger partial charge >= 0.3 is 0 Å². The van der Waals surface area contributed by atoms with E-state index in [0.29, 0.717) is 27.3 Å². The van der Waals surface area contributed by atoms with Crippen LogP contribution in [-0.2, 0) is 0 Å². The highest BCUT2D eigenvalue weighted by Gasteiger charge is 2.29.